The standard InChI is InChI=1S/C13H26O4Si/c1-12(2,3)18(13(4,5)6)16-8-10-11(17-18)9(14)7-15-10/h9-11,14H,7-8H2,1-6H3/t9-,10-,11+/m0/s1. The minimum atomic E-state index is -2.45. The van der Waals surface area contributed by atoms with Crippen molar-refractivity contribution in [2.45, 2.75) is 69.9 Å². The van der Waals surface area contributed by atoms with Gasteiger partial charge in [0.15, 0.2) is 0 Å². The predicted octanol–water partition coefficient (Wildman–Crippen LogP) is 2.20. The van der Waals surface area contributed by atoms with Crippen LogP contribution in [0.1, 0.15) is 41.5 Å². The summed E-state index contributed by atoms with van der Waals surface area (Å²) in [5, 5.41) is 9.92. The first-order valence-corrected chi connectivity index (χ1v) is 8.51. The van der Waals surface area contributed by atoms with Gasteiger partial charge >= 0.3 is 8.56 Å². The van der Waals surface area contributed by atoms with Gasteiger partial charge in [-0.2, -0.15) is 0 Å². The summed E-state index contributed by atoms with van der Waals surface area (Å²) in [5.41, 5.74) is 0. The molecule has 2 fully saturated rings. The fraction of sp³-hybridized carbons (Fsp3) is 1.00. The third kappa shape index (κ3) is 2.06. The van der Waals surface area contributed by atoms with Crippen molar-refractivity contribution in [2.24, 2.45) is 0 Å². The molecule has 2 aliphatic rings. The largest absolute Gasteiger partial charge is 0.391 e. The summed E-state index contributed by atoms with van der Waals surface area (Å²) in [6, 6.07) is 0. The Kier molecular flexibility index (Phi) is 3.44. The van der Waals surface area contributed by atoms with E-state index in [9.17, 15) is 5.11 Å². The highest BCUT2D eigenvalue weighted by Gasteiger charge is 2.63. The second-order valence-corrected chi connectivity index (χ2v) is 12.2. The maximum absolute atomic E-state index is 10.0. The molecule has 0 aromatic heterocycles. The van der Waals surface area contributed by atoms with Crippen LogP contribution in [-0.4, -0.2) is 45.2 Å². The molecule has 3 atom stereocenters. The third-order valence-electron chi connectivity index (χ3n) is 3.95. The molecule has 0 radical (unpaired) electrons. The first-order chi connectivity index (χ1) is 8.08. The Morgan fingerprint density at radius 1 is 1.00 bits per heavy atom. The zero-order chi connectivity index (χ0) is 13.8. The van der Waals surface area contributed by atoms with E-state index in [4.69, 9.17) is 13.6 Å². The minimum Gasteiger partial charge on any atom is -0.391 e. The molecule has 0 aromatic carbocycles. The molecule has 0 saturated carbocycles. The van der Waals surface area contributed by atoms with Crippen molar-refractivity contribution in [3.8, 4) is 0 Å². The number of ether oxygens (including phenoxy) is 1. The van der Waals surface area contributed by atoms with Gasteiger partial charge in [-0.1, -0.05) is 41.5 Å². The lowest BCUT2D eigenvalue weighted by atomic mass is 10.2. The number of fused-ring (bicyclic) bond motifs is 1. The lowest BCUT2D eigenvalue weighted by Crippen LogP contribution is -2.65. The average Bonchev–Trinajstić information content (AvgIpc) is 2.56. The van der Waals surface area contributed by atoms with Crippen LogP contribution in [0, 0.1) is 0 Å². The Bertz CT molecular complexity index is 304. The molecule has 2 rings (SSSR count). The second-order valence-electron chi connectivity index (χ2n) is 7.45. The first kappa shape index (κ1) is 14.5. The molecule has 2 heterocycles. The van der Waals surface area contributed by atoms with E-state index in [1.54, 1.807) is 0 Å². The Morgan fingerprint density at radius 2 is 1.56 bits per heavy atom. The van der Waals surface area contributed by atoms with E-state index in [0.29, 0.717) is 13.2 Å². The summed E-state index contributed by atoms with van der Waals surface area (Å²) in [5.74, 6) is 0. The molecule has 18 heavy (non-hydrogen) atoms. The maximum atomic E-state index is 10.0. The normalized spacial score (nSPS) is 36.5. The minimum absolute atomic E-state index is 0.0431. The SMILES string of the molecule is CC(C)(C)[Si]1(C(C)(C)C)OC[C@@H]2OC[C@H](O)[C@H]2O1. The Morgan fingerprint density at radius 3 is 2.06 bits per heavy atom. The highest BCUT2D eigenvalue weighted by atomic mass is 28.4. The topological polar surface area (TPSA) is 47.9 Å². The van der Waals surface area contributed by atoms with Gasteiger partial charge in [-0.3, -0.25) is 0 Å². The van der Waals surface area contributed by atoms with Gasteiger partial charge in [0.25, 0.3) is 0 Å². The molecule has 0 spiro atoms. The number of hydrogen-bond acceptors (Lipinski definition) is 4. The predicted molar refractivity (Wildman–Crippen MR) is 71.8 cm³/mol. The molecule has 5 heteroatoms. The average molecular weight is 274 g/mol. The molecule has 0 aliphatic carbocycles. The molecule has 2 saturated heterocycles. The monoisotopic (exact) mass is 274 g/mol. The van der Waals surface area contributed by atoms with Crippen molar-refractivity contribution < 1.29 is 18.7 Å². The van der Waals surface area contributed by atoms with Crippen molar-refractivity contribution >= 4 is 8.56 Å². The first-order valence-electron chi connectivity index (χ1n) is 6.70. The molecule has 1 N–H and O–H groups in total. The molecular weight excluding hydrogens is 248 g/mol. The van der Waals surface area contributed by atoms with E-state index in [0.717, 1.165) is 0 Å². The van der Waals surface area contributed by atoms with Gasteiger partial charge in [0.2, 0.25) is 0 Å². The van der Waals surface area contributed by atoms with Crippen molar-refractivity contribution in [1.82, 2.24) is 0 Å². The van der Waals surface area contributed by atoms with E-state index in [2.05, 4.69) is 41.5 Å². The molecule has 0 aromatic rings. The highest BCUT2D eigenvalue weighted by molar-refractivity contribution is 6.73. The van der Waals surface area contributed by atoms with Crippen LogP contribution in [-0.2, 0) is 13.6 Å². The smallest absolute Gasteiger partial charge is 0.349 e. The van der Waals surface area contributed by atoms with Crippen LogP contribution in [0.25, 0.3) is 0 Å². The zero-order valence-corrected chi connectivity index (χ0v) is 13.3. The van der Waals surface area contributed by atoms with Crippen LogP contribution in [0.15, 0.2) is 0 Å². The Hall–Kier alpha value is 0.0569. The molecule has 106 valence electrons. The third-order valence-corrected chi connectivity index (χ3v) is 9.08. The van der Waals surface area contributed by atoms with Gasteiger partial charge < -0.3 is 18.7 Å². The maximum Gasteiger partial charge on any atom is 0.349 e. The van der Waals surface area contributed by atoms with Crippen LogP contribution in [0.5, 0.6) is 0 Å². The number of aliphatic hydroxyl groups is 1. The highest BCUT2D eigenvalue weighted by Crippen LogP contribution is 2.54. The van der Waals surface area contributed by atoms with Gasteiger partial charge in [-0.15, -0.1) is 0 Å². The zero-order valence-electron chi connectivity index (χ0n) is 12.3. The summed E-state index contributed by atoms with van der Waals surface area (Å²) in [6.07, 6.45) is -0.843. The second kappa shape index (κ2) is 4.28. The summed E-state index contributed by atoms with van der Waals surface area (Å²) in [4.78, 5) is 0. The number of aliphatic hydroxyl groups excluding tert-OH is 1. The van der Waals surface area contributed by atoms with E-state index in [-0.39, 0.29) is 22.3 Å². The van der Waals surface area contributed by atoms with Crippen molar-refractivity contribution in [3.05, 3.63) is 0 Å². The number of hydrogen-bond donors (Lipinski definition) is 1. The quantitative estimate of drug-likeness (QED) is 0.688. The van der Waals surface area contributed by atoms with E-state index in [1.165, 1.54) is 0 Å². The van der Waals surface area contributed by atoms with Crippen LogP contribution in [0.4, 0.5) is 0 Å². The molecule has 0 amide bonds. The Balaban J connectivity index is 2.33. The van der Waals surface area contributed by atoms with Crippen LogP contribution in [0.2, 0.25) is 10.1 Å². The summed E-state index contributed by atoms with van der Waals surface area (Å²) in [6.45, 7) is 13.9. The van der Waals surface area contributed by atoms with Crippen molar-refractivity contribution in [3.63, 3.8) is 0 Å². The van der Waals surface area contributed by atoms with Gasteiger partial charge in [-0.25, -0.2) is 0 Å². The summed E-state index contributed by atoms with van der Waals surface area (Å²) >= 11 is 0. The Labute approximate surface area is 111 Å². The van der Waals surface area contributed by atoms with Gasteiger partial charge in [0.05, 0.1) is 13.2 Å². The van der Waals surface area contributed by atoms with Crippen molar-refractivity contribution in [2.75, 3.05) is 13.2 Å². The summed E-state index contributed by atoms with van der Waals surface area (Å²) < 4.78 is 18.1. The van der Waals surface area contributed by atoms with E-state index >= 15 is 0 Å². The fourth-order valence-corrected chi connectivity index (χ4v) is 8.28. The number of rotatable bonds is 0. The van der Waals surface area contributed by atoms with Gasteiger partial charge in [0.1, 0.15) is 18.3 Å². The summed E-state index contributed by atoms with van der Waals surface area (Å²) in [7, 11) is -2.45. The van der Waals surface area contributed by atoms with E-state index < -0.39 is 14.7 Å². The lowest BCUT2D eigenvalue weighted by molar-refractivity contribution is -0.0672. The van der Waals surface area contributed by atoms with Gasteiger partial charge in [-0.05, 0) is 0 Å². The molecule has 0 bridgehead atoms. The molecule has 2 aliphatic heterocycles. The molecule has 0 unspecified atom stereocenters. The van der Waals surface area contributed by atoms with Crippen molar-refractivity contribution in [1.29, 1.82) is 0 Å². The fourth-order valence-electron chi connectivity index (χ4n) is 3.29. The van der Waals surface area contributed by atoms with E-state index in [1.807, 2.05) is 0 Å². The molecular formula is C13H26O4Si. The lowest BCUT2D eigenvalue weighted by Gasteiger charge is -2.53. The van der Waals surface area contributed by atoms with Gasteiger partial charge in [0, 0.05) is 10.1 Å². The molecule has 4 nitrogen and oxygen atoms in total. The van der Waals surface area contributed by atoms with Crippen LogP contribution < -0.4 is 0 Å². The van der Waals surface area contributed by atoms with Crippen LogP contribution in [0.3, 0.4) is 0 Å². The van der Waals surface area contributed by atoms with Crippen LogP contribution >= 0.6 is 0 Å².